The Morgan fingerprint density at radius 1 is 0.952 bits per heavy atom. The van der Waals surface area contributed by atoms with Crippen molar-refractivity contribution >= 4 is 18.3 Å². The summed E-state index contributed by atoms with van der Waals surface area (Å²) in [5.74, 6) is 0. The molecule has 0 bridgehead atoms. The maximum atomic E-state index is 4.58. The molecule has 1 N–H and O–H groups in total. The third kappa shape index (κ3) is 5.47. The summed E-state index contributed by atoms with van der Waals surface area (Å²) in [6.45, 7) is 3.30. The van der Waals surface area contributed by atoms with Crippen molar-refractivity contribution in [1.82, 2.24) is 0 Å². The van der Waals surface area contributed by atoms with Gasteiger partial charge in [-0.05, 0) is 42.2 Å². The number of thiol groups is 1. The number of rotatable bonds is 8. The highest BCUT2D eigenvalue weighted by molar-refractivity contribution is 7.80. The highest BCUT2D eigenvalue weighted by atomic mass is 32.1. The molecule has 1 nitrogen and oxygen atoms in total. The van der Waals surface area contributed by atoms with Gasteiger partial charge in [-0.1, -0.05) is 56.5 Å². The minimum absolute atomic E-state index is 0.936. The largest absolute Gasteiger partial charge is 0.385 e. The molecule has 2 aromatic carbocycles. The van der Waals surface area contributed by atoms with Crippen molar-refractivity contribution in [3.63, 3.8) is 0 Å². The van der Waals surface area contributed by atoms with Crippen LogP contribution in [0.5, 0.6) is 0 Å². The van der Waals surface area contributed by atoms with E-state index in [0.29, 0.717) is 0 Å². The molecule has 0 saturated heterocycles. The summed E-state index contributed by atoms with van der Waals surface area (Å²) in [4.78, 5) is 1.07. The van der Waals surface area contributed by atoms with Crippen LogP contribution >= 0.6 is 12.6 Å². The van der Waals surface area contributed by atoms with Gasteiger partial charge in [-0.15, -0.1) is 12.6 Å². The van der Waals surface area contributed by atoms with Gasteiger partial charge in [-0.25, -0.2) is 0 Å². The molecule has 0 radical (unpaired) electrons. The molecule has 0 aliphatic carbocycles. The first-order chi connectivity index (χ1) is 10.3. The molecule has 0 amide bonds. The Morgan fingerprint density at radius 2 is 1.76 bits per heavy atom. The number of benzene rings is 2. The minimum atomic E-state index is 0.936. The molecule has 0 aliphatic heterocycles. The first-order valence-electron chi connectivity index (χ1n) is 7.89. The van der Waals surface area contributed by atoms with Crippen LogP contribution in [0.4, 0.5) is 5.69 Å². The predicted molar refractivity (Wildman–Crippen MR) is 95.6 cm³/mol. The van der Waals surface area contributed by atoms with Crippen LogP contribution in [0.25, 0.3) is 0 Å². The molecule has 2 aromatic rings. The predicted octanol–water partition coefficient (Wildman–Crippen LogP) is 5.56. The van der Waals surface area contributed by atoms with Crippen molar-refractivity contribution in [3.8, 4) is 0 Å². The van der Waals surface area contributed by atoms with Crippen LogP contribution in [-0.2, 0) is 6.42 Å². The van der Waals surface area contributed by atoms with E-state index in [1.54, 1.807) is 0 Å². The molecule has 0 saturated carbocycles. The molecule has 0 spiro atoms. The fourth-order valence-corrected chi connectivity index (χ4v) is 2.66. The molecule has 0 atom stereocenters. The fourth-order valence-electron chi connectivity index (χ4n) is 2.44. The van der Waals surface area contributed by atoms with Gasteiger partial charge in [0.1, 0.15) is 0 Å². The number of hydrogen-bond donors (Lipinski definition) is 2. The Labute approximate surface area is 134 Å². The SMILES string of the molecule is CCCCCCNc1ccc(S)c(Cc2ccccc2)c1. The van der Waals surface area contributed by atoms with Crippen molar-refractivity contribution in [1.29, 1.82) is 0 Å². The Kier molecular flexibility index (Phi) is 6.68. The van der Waals surface area contributed by atoms with Gasteiger partial charge in [-0.3, -0.25) is 0 Å². The summed E-state index contributed by atoms with van der Waals surface area (Å²) in [5, 5.41) is 3.52. The normalized spacial score (nSPS) is 10.6. The molecule has 2 rings (SSSR count). The van der Waals surface area contributed by atoms with Crippen molar-refractivity contribution < 1.29 is 0 Å². The molecule has 0 unspecified atom stereocenters. The molecule has 112 valence electrons. The number of hydrogen-bond acceptors (Lipinski definition) is 2. The van der Waals surface area contributed by atoms with E-state index in [4.69, 9.17) is 0 Å². The molecule has 0 fully saturated rings. The van der Waals surface area contributed by atoms with Crippen molar-refractivity contribution in [2.24, 2.45) is 0 Å². The zero-order valence-electron chi connectivity index (χ0n) is 12.8. The molecule has 0 heterocycles. The van der Waals surface area contributed by atoms with Gasteiger partial charge >= 0.3 is 0 Å². The van der Waals surface area contributed by atoms with Gasteiger partial charge in [0.15, 0.2) is 0 Å². The highest BCUT2D eigenvalue weighted by Gasteiger charge is 2.02. The molecule has 0 aromatic heterocycles. The van der Waals surface area contributed by atoms with Crippen LogP contribution in [0.1, 0.15) is 43.7 Å². The number of nitrogens with one attached hydrogen (secondary N) is 1. The average Bonchev–Trinajstić information content (AvgIpc) is 2.51. The molecule has 21 heavy (non-hydrogen) atoms. The zero-order chi connectivity index (χ0) is 14.9. The second kappa shape index (κ2) is 8.78. The van der Waals surface area contributed by atoms with Gasteiger partial charge in [0.2, 0.25) is 0 Å². The van der Waals surface area contributed by atoms with E-state index in [2.05, 4.69) is 73.4 Å². The smallest absolute Gasteiger partial charge is 0.0343 e. The minimum Gasteiger partial charge on any atom is -0.385 e. The fraction of sp³-hybridized carbons (Fsp3) is 0.368. The van der Waals surface area contributed by atoms with Gasteiger partial charge in [0.25, 0.3) is 0 Å². The third-order valence-corrected chi connectivity index (χ3v) is 4.11. The lowest BCUT2D eigenvalue weighted by Crippen LogP contribution is -2.02. The molecular weight excluding hydrogens is 274 g/mol. The van der Waals surface area contributed by atoms with Crippen LogP contribution in [0.15, 0.2) is 53.4 Å². The molecule has 2 heteroatoms. The first-order valence-corrected chi connectivity index (χ1v) is 8.34. The topological polar surface area (TPSA) is 12.0 Å². The molecule has 0 aliphatic rings. The standard InChI is InChI=1S/C19H25NS/c1-2-3-4-8-13-20-18-11-12-19(21)17(15-18)14-16-9-6-5-7-10-16/h5-7,9-12,15,20-21H,2-4,8,13-14H2,1H3. The lowest BCUT2D eigenvalue weighted by Gasteiger charge is -2.11. The Hall–Kier alpha value is -1.41. The summed E-state index contributed by atoms with van der Waals surface area (Å²) < 4.78 is 0. The van der Waals surface area contributed by atoms with E-state index in [1.807, 2.05) is 0 Å². The Balaban J connectivity index is 1.94. The quantitative estimate of drug-likeness (QED) is 0.480. The van der Waals surface area contributed by atoms with E-state index in [1.165, 1.54) is 42.5 Å². The second-order valence-corrected chi connectivity index (χ2v) is 5.98. The average molecular weight is 299 g/mol. The Bertz CT molecular complexity index is 537. The van der Waals surface area contributed by atoms with Gasteiger partial charge in [-0.2, -0.15) is 0 Å². The molecular formula is C19H25NS. The van der Waals surface area contributed by atoms with E-state index in [9.17, 15) is 0 Å². The van der Waals surface area contributed by atoms with Crippen LogP contribution in [0.2, 0.25) is 0 Å². The van der Waals surface area contributed by atoms with Crippen molar-refractivity contribution in [2.45, 2.75) is 43.9 Å². The lowest BCUT2D eigenvalue weighted by atomic mass is 10.0. The summed E-state index contributed by atoms with van der Waals surface area (Å²) in [7, 11) is 0. The maximum absolute atomic E-state index is 4.58. The van der Waals surface area contributed by atoms with E-state index >= 15 is 0 Å². The van der Waals surface area contributed by atoms with Crippen LogP contribution in [-0.4, -0.2) is 6.54 Å². The van der Waals surface area contributed by atoms with Crippen molar-refractivity contribution in [2.75, 3.05) is 11.9 Å². The summed E-state index contributed by atoms with van der Waals surface area (Å²) in [6, 6.07) is 17.0. The Morgan fingerprint density at radius 3 is 2.52 bits per heavy atom. The third-order valence-electron chi connectivity index (χ3n) is 3.68. The highest BCUT2D eigenvalue weighted by Crippen LogP contribution is 2.22. The van der Waals surface area contributed by atoms with Gasteiger partial charge in [0.05, 0.1) is 0 Å². The number of unbranched alkanes of at least 4 members (excludes halogenated alkanes) is 3. The van der Waals surface area contributed by atoms with Crippen molar-refractivity contribution in [3.05, 3.63) is 59.7 Å². The number of anilines is 1. The van der Waals surface area contributed by atoms with Gasteiger partial charge < -0.3 is 5.32 Å². The lowest BCUT2D eigenvalue weighted by molar-refractivity contribution is 0.685. The monoisotopic (exact) mass is 299 g/mol. The van der Waals surface area contributed by atoms with Crippen LogP contribution in [0.3, 0.4) is 0 Å². The summed E-state index contributed by atoms with van der Waals surface area (Å²) in [5.41, 5.74) is 3.81. The summed E-state index contributed by atoms with van der Waals surface area (Å²) in [6.07, 6.45) is 6.10. The second-order valence-electron chi connectivity index (χ2n) is 5.49. The van der Waals surface area contributed by atoms with Crippen LogP contribution in [0, 0.1) is 0 Å². The van der Waals surface area contributed by atoms with Crippen LogP contribution < -0.4 is 5.32 Å². The first kappa shape index (κ1) is 16.0. The van der Waals surface area contributed by atoms with E-state index in [0.717, 1.165) is 17.9 Å². The van der Waals surface area contributed by atoms with Gasteiger partial charge in [0, 0.05) is 17.1 Å². The van der Waals surface area contributed by atoms with E-state index < -0.39 is 0 Å². The van der Waals surface area contributed by atoms with E-state index in [-0.39, 0.29) is 0 Å². The summed E-state index contributed by atoms with van der Waals surface area (Å²) >= 11 is 4.58. The zero-order valence-corrected chi connectivity index (χ0v) is 13.7. The maximum Gasteiger partial charge on any atom is 0.0343 e.